The molecule has 0 saturated heterocycles. The molecule has 0 spiro atoms. The van der Waals surface area contributed by atoms with Crippen LogP contribution in [0.2, 0.25) is 0 Å². The third-order valence-electron chi connectivity index (χ3n) is 3.13. The van der Waals surface area contributed by atoms with Crippen molar-refractivity contribution >= 4 is 17.8 Å². The van der Waals surface area contributed by atoms with Gasteiger partial charge in [0.15, 0.2) is 0 Å². The van der Waals surface area contributed by atoms with Gasteiger partial charge in [-0.1, -0.05) is 32.0 Å². The zero-order valence-electron chi connectivity index (χ0n) is 12.8. The van der Waals surface area contributed by atoms with Crippen LogP contribution < -0.4 is 10.6 Å². The number of benzene rings is 1. The predicted octanol–water partition coefficient (Wildman–Crippen LogP) is 1.42. The van der Waals surface area contributed by atoms with E-state index in [9.17, 15) is 14.4 Å². The van der Waals surface area contributed by atoms with Crippen molar-refractivity contribution < 1.29 is 19.5 Å². The number of carboxylic acid groups (broad SMARTS) is 1. The zero-order valence-corrected chi connectivity index (χ0v) is 12.8. The highest BCUT2D eigenvalue weighted by Crippen LogP contribution is 2.03. The Bertz CT molecular complexity index is 514. The molecule has 2 amide bonds. The summed E-state index contributed by atoms with van der Waals surface area (Å²) in [7, 11) is 0. The molecule has 0 radical (unpaired) electrons. The first kappa shape index (κ1) is 17.7. The van der Waals surface area contributed by atoms with E-state index in [1.54, 1.807) is 44.2 Å². The van der Waals surface area contributed by atoms with Gasteiger partial charge in [0.2, 0.25) is 5.91 Å². The number of carboxylic acids is 1. The Morgan fingerprint density at radius 1 is 1.14 bits per heavy atom. The molecule has 3 N–H and O–H groups in total. The smallest absolute Gasteiger partial charge is 0.326 e. The molecule has 1 aromatic rings. The molecule has 0 saturated carbocycles. The van der Waals surface area contributed by atoms with Crippen LogP contribution in [0.5, 0.6) is 0 Å². The van der Waals surface area contributed by atoms with Crippen LogP contribution in [0.15, 0.2) is 30.3 Å². The van der Waals surface area contributed by atoms with Crippen molar-refractivity contribution in [2.75, 3.05) is 6.54 Å². The number of hydrogen-bond donors (Lipinski definition) is 3. The predicted molar refractivity (Wildman–Crippen MR) is 82.4 cm³/mol. The fourth-order valence-electron chi connectivity index (χ4n) is 1.81. The van der Waals surface area contributed by atoms with Gasteiger partial charge in [0.05, 0.1) is 0 Å². The SMILES string of the molecule is CC(C)C(=O)NCCC[C@H](NC(=O)c1ccccc1)C(=O)O. The monoisotopic (exact) mass is 306 g/mol. The Kier molecular flexibility index (Phi) is 7.08. The molecule has 1 rings (SSSR count). The highest BCUT2D eigenvalue weighted by molar-refractivity contribution is 5.96. The van der Waals surface area contributed by atoms with Crippen molar-refractivity contribution in [1.82, 2.24) is 10.6 Å². The van der Waals surface area contributed by atoms with Gasteiger partial charge in [-0.25, -0.2) is 4.79 Å². The number of nitrogens with one attached hydrogen (secondary N) is 2. The van der Waals surface area contributed by atoms with E-state index in [4.69, 9.17) is 5.11 Å². The molecule has 0 aliphatic carbocycles. The Labute approximate surface area is 129 Å². The highest BCUT2D eigenvalue weighted by atomic mass is 16.4. The maximum Gasteiger partial charge on any atom is 0.326 e. The lowest BCUT2D eigenvalue weighted by molar-refractivity contribution is -0.139. The van der Waals surface area contributed by atoms with Gasteiger partial charge >= 0.3 is 5.97 Å². The zero-order chi connectivity index (χ0) is 16.5. The summed E-state index contributed by atoms with van der Waals surface area (Å²) in [4.78, 5) is 34.5. The minimum atomic E-state index is -1.08. The molecule has 6 heteroatoms. The first-order chi connectivity index (χ1) is 10.4. The minimum Gasteiger partial charge on any atom is -0.480 e. The van der Waals surface area contributed by atoms with Crippen LogP contribution in [-0.2, 0) is 9.59 Å². The van der Waals surface area contributed by atoms with E-state index in [0.29, 0.717) is 18.5 Å². The van der Waals surface area contributed by atoms with Crippen molar-refractivity contribution in [3.63, 3.8) is 0 Å². The molecule has 0 aliphatic rings. The van der Waals surface area contributed by atoms with Crippen molar-refractivity contribution in [2.45, 2.75) is 32.7 Å². The molecule has 0 heterocycles. The summed E-state index contributed by atoms with van der Waals surface area (Å²) in [6.07, 6.45) is 0.733. The van der Waals surface area contributed by atoms with Crippen LogP contribution in [0.25, 0.3) is 0 Å². The van der Waals surface area contributed by atoms with Crippen molar-refractivity contribution in [3.05, 3.63) is 35.9 Å². The van der Waals surface area contributed by atoms with E-state index < -0.39 is 17.9 Å². The molecule has 120 valence electrons. The highest BCUT2D eigenvalue weighted by Gasteiger charge is 2.20. The molecule has 0 fully saturated rings. The van der Waals surface area contributed by atoms with Crippen molar-refractivity contribution in [2.24, 2.45) is 5.92 Å². The quantitative estimate of drug-likeness (QED) is 0.633. The molecular weight excluding hydrogens is 284 g/mol. The number of aliphatic carboxylic acids is 1. The first-order valence-electron chi connectivity index (χ1n) is 7.28. The second-order valence-corrected chi connectivity index (χ2v) is 5.32. The molecule has 0 aliphatic heterocycles. The van der Waals surface area contributed by atoms with Gasteiger partial charge < -0.3 is 15.7 Å². The maximum atomic E-state index is 11.9. The van der Waals surface area contributed by atoms with Crippen LogP contribution in [-0.4, -0.2) is 35.5 Å². The largest absolute Gasteiger partial charge is 0.480 e. The summed E-state index contributed by atoms with van der Waals surface area (Å²) in [5.74, 6) is -1.67. The van der Waals surface area contributed by atoms with E-state index in [0.717, 1.165) is 0 Å². The van der Waals surface area contributed by atoms with Gasteiger partial charge in [0.1, 0.15) is 6.04 Å². The topological polar surface area (TPSA) is 95.5 Å². The minimum absolute atomic E-state index is 0.0693. The summed E-state index contributed by atoms with van der Waals surface area (Å²) in [5, 5.41) is 14.4. The van der Waals surface area contributed by atoms with Crippen LogP contribution in [0.1, 0.15) is 37.0 Å². The molecule has 0 aromatic heterocycles. The Hall–Kier alpha value is -2.37. The van der Waals surface area contributed by atoms with Gasteiger partial charge in [-0.2, -0.15) is 0 Å². The molecule has 0 unspecified atom stereocenters. The summed E-state index contributed by atoms with van der Waals surface area (Å²) in [5.41, 5.74) is 0.418. The average Bonchev–Trinajstić information content (AvgIpc) is 2.50. The van der Waals surface area contributed by atoms with Crippen LogP contribution in [0.4, 0.5) is 0 Å². The summed E-state index contributed by atoms with van der Waals surface area (Å²) in [6.45, 7) is 3.97. The Morgan fingerprint density at radius 3 is 2.32 bits per heavy atom. The second-order valence-electron chi connectivity index (χ2n) is 5.32. The average molecular weight is 306 g/mol. The lowest BCUT2D eigenvalue weighted by Gasteiger charge is -2.15. The number of hydrogen-bond acceptors (Lipinski definition) is 3. The molecular formula is C16H22N2O4. The van der Waals surface area contributed by atoms with Gasteiger partial charge in [-0.15, -0.1) is 0 Å². The summed E-state index contributed by atoms with van der Waals surface area (Å²) >= 11 is 0. The van der Waals surface area contributed by atoms with Crippen molar-refractivity contribution in [1.29, 1.82) is 0 Å². The van der Waals surface area contributed by atoms with E-state index >= 15 is 0 Å². The summed E-state index contributed by atoms with van der Waals surface area (Å²) in [6, 6.07) is 7.48. The van der Waals surface area contributed by atoms with Crippen LogP contribution in [0.3, 0.4) is 0 Å². The van der Waals surface area contributed by atoms with E-state index in [2.05, 4.69) is 10.6 Å². The number of carbonyl (C=O) groups excluding carboxylic acids is 2. The third-order valence-corrected chi connectivity index (χ3v) is 3.13. The van der Waals surface area contributed by atoms with E-state index in [1.165, 1.54) is 0 Å². The van der Waals surface area contributed by atoms with Crippen LogP contribution in [0, 0.1) is 5.92 Å². The van der Waals surface area contributed by atoms with Crippen LogP contribution >= 0.6 is 0 Å². The molecule has 1 atom stereocenters. The molecule has 6 nitrogen and oxygen atoms in total. The summed E-state index contributed by atoms with van der Waals surface area (Å²) < 4.78 is 0. The number of amides is 2. The van der Waals surface area contributed by atoms with E-state index in [-0.39, 0.29) is 18.2 Å². The fraction of sp³-hybridized carbons (Fsp3) is 0.438. The standard InChI is InChI=1S/C16H22N2O4/c1-11(2)14(19)17-10-6-9-13(16(21)22)18-15(20)12-7-4-3-5-8-12/h3-5,7-8,11,13H,6,9-10H2,1-2H3,(H,17,19)(H,18,20)(H,21,22)/t13-/m0/s1. The second kappa shape index (κ2) is 8.81. The van der Waals surface area contributed by atoms with Gasteiger partial charge in [0.25, 0.3) is 5.91 Å². The molecule has 1 aromatic carbocycles. The normalized spacial score (nSPS) is 11.8. The first-order valence-corrected chi connectivity index (χ1v) is 7.28. The lowest BCUT2D eigenvalue weighted by atomic mass is 10.1. The maximum absolute atomic E-state index is 11.9. The molecule has 0 bridgehead atoms. The van der Waals surface area contributed by atoms with E-state index in [1.807, 2.05) is 0 Å². The lowest BCUT2D eigenvalue weighted by Crippen LogP contribution is -2.41. The van der Waals surface area contributed by atoms with Crippen molar-refractivity contribution in [3.8, 4) is 0 Å². The van der Waals surface area contributed by atoms with Gasteiger partial charge in [-0.3, -0.25) is 9.59 Å². The Balaban J connectivity index is 2.44. The number of carbonyl (C=O) groups is 3. The molecule has 22 heavy (non-hydrogen) atoms. The fourth-order valence-corrected chi connectivity index (χ4v) is 1.81. The Morgan fingerprint density at radius 2 is 1.77 bits per heavy atom. The van der Waals surface area contributed by atoms with Gasteiger partial charge in [0, 0.05) is 18.0 Å². The third kappa shape index (κ3) is 5.95. The van der Waals surface area contributed by atoms with Gasteiger partial charge in [-0.05, 0) is 25.0 Å². The number of rotatable bonds is 8.